The molecule has 1 amide bonds. The average molecular weight is 264 g/mol. The third kappa shape index (κ3) is 2.91. The lowest BCUT2D eigenvalue weighted by molar-refractivity contribution is -0.121. The van der Waals surface area contributed by atoms with E-state index in [0.29, 0.717) is 6.54 Å². The van der Waals surface area contributed by atoms with Crippen LogP contribution in [-0.4, -0.2) is 18.5 Å². The van der Waals surface area contributed by atoms with Gasteiger partial charge in [-0.2, -0.15) is 0 Å². The third-order valence-electron chi connectivity index (χ3n) is 2.22. The minimum Gasteiger partial charge on any atom is -0.369 e. The van der Waals surface area contributed by atoms with Crippen molar-refractivity contribution < 1.29 is 22.4 Å². The molecule has 0 aromatic heterocycles. The van der Waals surface area contributed by atoms with Crippen LogP contribution in [0, 0.1) is 23.3 Å². The first kappa shape index (κ1) is 14.3. The molecule has 100 valence electrons. The zero-order valence-electron chi connectivity index (χ0n) is 9.78. The Hall–Kier alpha value is -1.79. The molecular formula is C11H12F4N2O. The van der Waals surface area contributed by atoms with Crippen LogP contribution in [0.3, 0.4) is 0 Å². The molecule has 1 aromatic carbocycles. The second kappa shape index (κ2) is 5.70. The molecule has 0 saturated carbocycles. The van der Waals surface area contributed by atoms with Crippen LogP contribution in [0.4, 0.5) is 23.2 Å². The van der Waals surface area contributed by atoms with Gasteiger partial charge in [0.05, 0.1) is 0 Å². The largest absolute Gasteiger partial charge is 0.369 e. The Balaban J connectivity index is 3.00. The molecule has 1 atom stereocenters. The summed E-state index contributed by atoms with van der Waals surface area (Å²) in [4.78, 5) is 11.3. The number of halogens is 4. The van der Waals surface area contributed by atoms with Gasteiger partial charge in [0.15, 0.2) is 23.3 Å². The summed E-state index contributed by atoms with van der Waals surface area (Å²) in [6.45, 7) is 3.30. The van der Waals surface area contributed by atoms with E-state index in [9.17, 15) is 22.4 Å². The molecule has 0 radical (unpaired) electrons. The van der Waals surface area contributed by atoms with Crippen molar-refractivity contribution in [2.75, 3.05) is 11.9 Å². The normalized spacial score (nSPS) is 12.1. The highest BCUT2D eigenvalue weighted by Crippen LogP contribution is 2.24. The van der Waals surface area contributed by atoms with Crippen LogP contribution in [-0.2, 0) is 4.79 Å². The summed E-state index contributed by atoms with van der Waals surface area (Å²) in [7, 11) is 0. The highest BCUT2D eigenvalue weighted by atomic mass is 19.2. The first-order valence-electron chi connectivity index (χ1n) is 5.25. The molecule has 1 rings (SSSR count). The number of carbonyl (C=O) groups excluding carboxylic acids is 1. The molecule has 0 fully saturated rings. The molecule has 7 heteroatoms. The minimum atomic E-state index is -1.56. The van der Waals surface area contributed by atoms with E-state index in [0.717, 1.165) is 0 Å². The average Bonchev–Trinajstić information content (AvgIpc) is 2.32. The van der Waals surface area contributed by atoms with Crippen molar-refractivity contribution in [1.29, 1.82) is 0 Å². The molecule has 18 heavy (non-hydrogen) atoms. The van der Waals surface area contributed by atoms with Crippen molar-refractivity contribution in [1.82, 2.24) is 5.32 Å². The van der Waals surface area contributed by atoms with Gasteiger partial charge in [-0.15, -0.1) is 0 Å². The lowest BCUT2D eigenvalue weighted by atomic mass is 10.2. The predicted octanol–water partition coefficient (Wildman–Crippen LogP) is 2.18. The maximum absolute atomic E-state index is 13.3. The second-order valence-corrected chi connectivity index (χ2v) is 3.60. The summed E-state index contributed by atoms with van der Waals surface area (Å²) >= 11 is 0. The van der Waals surface area contributed by atoms with Crippen molar-refractivity contribution in [3.8, 4) is 0 Å². The van der Waals surface area contributed by atoms with Crippen LogP contribution in [0.2, 0.25) is 0 Å². The van der Waals surface area contributed by atoms with Crippen molar-refractivity contribution in [3.63, 3.8) is 0 Å². The van der Waals surface area contributed by atoms with Gasteiger partial charge in [-0.3, -0.25) is 4.79 Å². The van der Waals surface area contributed by atoms with Crippen molar-refractivity contribution >= 4 is 11.6 Å². The summed E-state index contributed by atoms with van der Waals surface area (Å²) < 4.78 is 52.3. The van der Waals surface area contributed by atoms with Crippen molar-refractivity contribution in [2.45, 2.75) is 19.9 Å². The summed E-state index contributed by atoms with van der Waals surface area (Å²) in [6.07, 6.45) is 0. The fraction of sp³-hybridized carbons (Fsp3) is 0.364. The molecule has 0 aliphatic carbocycles. The molecule has 1 unspecified atom stereocenters. The molecule has 1 aromatic rings. The predicted molar refractivity (Wildman–Crippen MR) is 58.0 cm³/mol. The summed E-state index contributed by atoms with van der Waals surface area (Å²) in [6, 6.07) is -0.928. The lowest BCUT2D eigenvalue weighted by Gasteiger charge is -2.16. The topological polar surface area (TPSA) is 41.1 Å². The number of hydrogen-bond donors (Lipinski definition) is 2. The van der Waals surface area contributed by atoms with E-state index in [1.165, 1.54) is 6.92 Å². The number of likely N-dealkylation sites (N-methyl/N-ethyl adjacent to an activating group) is 1. The number of benzene rings is 1. The van der Waals surface area contributed by atoms with Crippen molar-refractivity contribution in [3.05, 3.63) is 29.3 Å². The van der Waals surface area contributed by atoms with E-state index < -0.39 is 40.9 Å². The van der Waals surface area contributed by atoms with Crippen LogP contribution < -0.4 is 10.6 Å². The van der Waals surface area contributed by atoms with E-state index >= 15 is 0 Å². The number of carbonyl (C=O) groups is 1. The second-order valence-electron chi connectivity index (χ2n) is 3.60. The molecule has 3 nitrogen and oxygen atoms in total. The van der Waals surface area contributed by atoms with Gasteiger partial charge < -0.3 is 10.6 Å². The zero-order valence-corrected chi connectivity index (χ0v) is 9.78. The standard InChI is InChI=1S/C11H12F4N2O/c1-3-16-11(18)5(2)17-10-8(14)6(12)4-7(13)9(10)15/h4-5,17H,3H2,1-2H3,(H,16,18). The Bertz CT molecular complexity index is 439. The highest BCUT2D eigenvalue weighted by molar-refractivity contribution is 5.84. The van der Waals surface area contributed by atoms with Crippen LogP contribution in [0.1, 0.15) is 13.8 Å². The van der Waals surface area contributed by atoms with Gasteiger partial charge in [-0.25, -0.2) is 17.6 Å². The Morgan fingerprint density at radius 3 is 2.17 bits per heavy atom. The number of hydrogen-bond acceptors (Lipinski definition) is 2. The van der Waals surface area contributed by atoms with E-state index in [4.69, 9.17) is 0 Å². The van der Waals surface area contributed by atoms with Crippen LogP contribution in [0.15, 0.2) is 6.07 Å². The van der Waals surface area contributed by atoms with Crippen molar-refractivity contribution in [2.24, 2.45) is 0 Å². The fourth-order valence-corrected chi connectivity index (χ4v) is 1.31. The number of nitrogens with one attached hydrogen (secondary N) is 2. The Morgan fingerprint density at radius 1 is 1.22 bits per heavy atom. The Labute approximate surface area is 101 Å². The van der Waals surface area contributed by atoms with Gasteiger partial charge in [-0.05, 0) is 13.8 Å². The zero-order chi connectivity index (χ0) is 13.9. The van der Waals surface area contributed by atoms with E-state index in [1.54, 1.807) is 6.92 Å². The van der Waals surface area contributed by atoms with Crippen LogP contribution in [0.5, 0.6) is 0 Å². The number of anilines is 1. The Kier molecular flexibility index (Phi) is 4.52. The van der Waals surface area contributed by atoms with Gasteiger partial charge in [-0.1, -0.05) is 0 Å². The highest BCUT2D eigenvalue weighted by Gasteiger charge is 2.22. The minimum absolute atomic E-state index is 0.104. The molecule has 0 spiro atoms. The van der Waals surface area contributed by atoms with Gasteiger partial charge >= 0.3 is 0 Å². The SMILES string of the molecule is CCNC(=O)C(C)Nc1c(F)c(F)cc(F)c1F. The first-order chi connectivity index (χ1) is 8.38. The maximum atomic E-state index is 13.3. The quantitative estimate of drug-likeness (QED) is 0.646. The van der Waals surface area contributed by atoms with E-state index in [1.807, 2.05) is 0 Å². The van der Waals surface area contributed by atoms with Gasteiger partial charge in [0.1, 0.15) is 11.7 Å². The summed E-state index contributed by atoms with van der Waals surface area (Å²) in [5.41, 5.74) is -0.994. The fourth-order valence-electron chi connectivity index (χ4n) is 1.31. The number of amides is 1. The van der Waals surface area contributed by atoms with Gasteiger partial charge in [0.25, 0.3) is 0 Å². The van der Waals surface area contributed by atoms with Gasteiger partial charge in [0, 0.05) is 12.6 Å². The molecule has 0 aliphatic rings. The first-order valence-corrected chi connectivity index (χ1v) is 5.25. The van der Waals surface area contributed by atoms with Crippen LogP contribution in [0.25, 0.3) is 0 Å². The summed E-state index contributed by atoms with van der Waals surface area (Å²) in [5.74, 6) is -6.73. The van der Waals surface area contributed by atoms with Gasteiger partial charge in [0.2, 0.25) is 5.91 Å². The number of rotatable bonds is 4. The molecule has 2 N–H and O–H groups in total. The lowest BCUT2D eigenvalue weighted by Crippen LogP contribution is -2.37. The van der Waals surface area contributed by atoms with E-state index in [2.05, 4.69) is 10.6 Å². The molecule has 0 bridgehead atoms. The third-order valence-corrected chi connectivity index (χ3v) is 2.22. The van der Waals surface area contributed by atoms with E-state index in [-0.39, 0.29) is 6.07 Å². The molecule has 0 heterocycles. The molecular weight excluding hydrogens is 252 g/mol. The monoisotopic (exact) mass is 264 g/mol. The summed E-state index contributed by atoms with van der Waals surface area (Å²) in [5, 5.41) is 4.50. The molecule has 0 saturated heterocycles. The molecule has 0 aliphatic heterocycles. The Morgan fingerprint density at radius 2 is 1.72 bits per heavy atom. The smallest absolute Gasteiger partial charge is 0.242 e. The maximum Gasteiger partial charge on any atom is 0.242 e. The van der Waals surface area contributed by atoms with Crippen LogP contribution >= 0.6 is 0 Å².